The fraction of sp³-hybridized carbons (Fsp3) is 0.556. The molecule has 1 rings (SSSR count). The Morgan fingerprint density at radius 2 is 2.06 bits per heavy atom. The van der Waals surface area contributed by atoms with Crippen molar-refractivity contribution in [3.05, 3.63) is 5.28 Å². The molecule has 0 aliphatic rings. The molecule has 0 atom stereocenters. The maximum absolute atomic E-state index is 10.3. The number of hydrogen-bond donors (Lipinski definition) is 3. The minimum atomic E-state index is -0.769. The van der Waals surface area contributed by atoms with Crippen LogP contribution in [0, 0.1) is 0 Å². The number of rotatable bonds is 7. The van der Waals surface area contributed by atoms with E-state index in [1.807, 2.05) is 0 Å². The van der Waals surface area contributed by atoms with Gasteiger partial charge in [0.15, 0.2) is 0 Å². The van der Waals surface area contributed by atoms with Gasteiger partial charge in [-0.05, 0) is 24.4 Å². The predicted octanol–water partition coefficient (Wildman–Crippen LogP) is 1.16. The molecule has 7 nitrogen and oxygen atoms in total. The smallest absolute Gasteiger partial charge is 0.303 e. The SMILES string of the molecule is Nc1nc(Cl)nc(NCCCCCC(=O)O)n1. The molecule has 1 aromatic heterocycles. The van der Waals surface area contributed by atoms with Gasteiger partial charge in [0, 0.05) is 13.0 Å². The zero-order valence-corrected chi connectivity index (χ0v) is 9.94. The lowest BCUT2D eigenvalue weighted by Gasteiger charge is -2.04. The molecule has 0 bridgehead atoms. The van der Waals surface area contributed by atoms with Crippen molar-refractivity contribution in [3.63, 3.8) is 0 Å². The van der Waals surface area contributed by atoms with Crippen LogP contribution >= 0.6 is 11.6 Å². The summed E-state index contributed by atoms with van der Waals surface area (Å²) in [6, 6.07) is 0. The first-order chi connectivity index (χ1) is 8.08. The number of hydrogen-bond acceptors (Lipinski definition) is 6. The van der Waals surface area contributed by atoms with E-state index < -0.39 is 5.97 Å². The summed E-state index contributed by atoms with van der Waals surface area (Å²) in [5.74, 6) is -0.367. The molecule has 8 heteroatoms. The highest BCUT2D eigenvalue weighted by Gasteiger charge is 2.01. The number of carboxylic acids is 1. The number of nitrogen functional groups attached to an aromatic ring is 1. The molecule has 0 spiro atoms. The van der Waals surface area contributed by atoms with Crippen molar-refractivity contribution >= 4 is 29.5 Å². The molecule has 0 saturated carbocycles. The minimum Gasteiger partial charge on any atom is -0.481 e. The van der Waals surface area contributed by atoms with Crippen molar-refractivity contribution in [1.82, 2.24) is 15.0 Å². The van der Waals surface area contributed by atoms with Gasteiger partial charge < -0.3 is 16.2 Å². The molecule has 4 N–H and O–H groups in total. The van der Waals surface area contributed by atoms with Crippen LogP contribution in [0.5, 0.6) is 0 Å². The van der Waals surface area contributed by atoms with Gasteiger partial charge in [-0.1, -0.05) is 6.42 Å². The van der Waals surface area contributed by atoms with E-state index in [-0.39, 0.29) is 17.7 Å². The average molecular weight is 260 g/mol. The number of aliphatic carboxylic acids is 1. The van der Waals surface area contributed by atoms with E-state index in [9.17, 15) is 4.79 Å². The summed E-state index contributed by atoms with van der Waals surface area (Å²) in [4.78, 5) is 21.6. The average Bonchev–Trinajstić information content (AvgIpc) is 2.21. The monoisotopic (exact) mass is 259 g/mol. The summed E-state index contributed by atoms with van der Waals surface area (Å²) >= 11 is 5.60. The number of halogens is 1. The quantitative estimate of drug-likeness (QED) is 0.630. The summed E-state index contributed by atoms with van der Waals surface area (Å²) in [7, 11) is 0. The molecule has 0 aromatic carbocycles. The van der Waals surface area contributed by atoms with Crippen molar-refractivity contribution < 1.29 is 9.90 Å². The fourth-order valence-corrected chi connectivity index (χ4v) is 1.39. The predicted molar refractivity (Wildman–Crippen MR) is 63.8 cm³/mol. The molecule has 1 aromatic rings. The first-order valence-electron chi connectivity index (χ1n) is 5.20. The van der Waals surface area contributed by atoms with Crippen LogP contribution in [0.4, 0.5) is 11.9 Å². The van der Waals surface area contributed by atoms with Crippen molar-refractivity contribution in [2.75, 3.05) is 17.6 Å². The van der Waals surface area contributed by atoms with Gasteiger partial charge in [0.05, 0.1) is 0 Å². The second-order valence-electron chi connectivity index (χ2n) is 3.42. The molecule has 0 unspecified atom stereocenters. The first kappa shape index (κ1) is 13.4. The van der Waals surface area contributed by atoms with Gasteiger partial charge in [0.25, 0.3) is 0 Å². The molecule has 0 fully saturated rings. The molecule has 94 valence electrons. The second-order valence-corrected chi connectivity index (χ2v) is 3.76. The summed E-state index contributed by atoms with van der Waals surface area (Å²) in [5.41, 5.74) is 5.39. The van der Waals surface area contributed by atoms with Crippen LogP contribution < -0.4 is 11.1 Å². The number of aromatic nitrogens is 3. The van der Waals surface area contributed by atoms with E-state index in [4.69, 9.17) is 22.4 Å². The van der Waals surface area contributed by atoms with E-state index >= 15 is 0 Å². The number of carbonyl (C=O) groups is 1. The zero-order chi connectivity index (χ0) is 12.7. The Morgan fingerprint density at radius 3 is 2.71 bits per heavy atom. The second kappa shape index (κ2) is 6.85. The zero-order valence-electron chi connectivity index (χ0n) is 9.19. The van der Waals surface area contributed by atoms with Gasteiger partial charge in [-0.25, -0.2) is 0 Å². The number of unbranched alkanes of at least 4 members (excludes halogenated alkanes) is 2. The van der Waals surface area contributed by atoms with Crippen LogP contribution in [0.3, 0.4) is 0 Å². The van der Waals surface area contributed by atoms with E-state index in [1.54, 1.807) is 0 Å². The normalized spacial score (nSPS) is 10.2. The molecule has 0 radical (unpaired) electrons. The van der Waals surface area contributed by atoms with E-state index in [0.717, 1.165) is 12.8 Å². The molecule has 17 heavy (non-hydrogen) atoms. The van der Waals surface area contributed by atoms with E-state index in [0.29, 0.717) is 18.9 Å². The van der Waals surface area contributed by atoms with E-state index in [1.165, 1.54) is 0 Å². The van der Waals surface area contributed by atoms with Gasteiger partial charge in [-0.3, -0.25) is 4.79 Å². The largest absolute Gasteiger partial charge is 0.481 e. The third-order valence-corrected chi connectivity index (χ3v) is 2.14. The van der Waals surface area contributed by atoms with Gasteiger partial charge in [0.1, 0.15) is 0 Å². The summed E-state index contributed by atoms with van der Waals surface area (Å²) in [5, 5.41) is 11.4. The Hall–Kier alpha value is -1.63. The van der Waals surface area contributed by atoms with E-state index in [2.05, 4.69) is 20.3 Å². The number of nitrogens with one attached hydrogen (secondary N) is 1. The van der Waals surface area contributed by atoms with Crippen LogP contribution in [0.25, 0.3) is 0 Å². The summed E-state index contributed by atoms with van der Waals surface area (Å²) < 4.78 is 0. The van der Waals surface area contributed by atoms with Gasteiger partial charge in [-0.15, -0.1) is 0 Å². The maximum Gasteiger partial charge on any atom is 0.303 e. The minimum absolute atomic E-state index is 0.0471. The lowest BCUT2D eigenvalue weighted by molar-refractivity contribution is -0.137. The van der Waals surface area contributed by atoms with Crippen molar-refractivity contribution in [2.24, 2.45) is 0 Å². The van der Waals surface area contributed by atoms with Gasteiger partial charge in [0.2, 0.25) is 17.2 Å². The van der Waals surface area contributed by atoms with Crippen LogP contribution in [-0.2, 0) is 4.79 Å². The molecular formula is C9H14ClN5O2. The van der Waals surface area contributed by atoms with Gasteiger partial charge >= 0.3 is 5.97 Å². The Bertz CT molecular complexity index is 367. The highest BCUT2D eigenvalue weighted by atomic mass is 35.5. The molecule has 0 aliphatic carbocycles. The highest BCUT2D eigenvalue weighted by molar-refractivity contribution is 6.28. The van der Waals surface area contributed by atoms with Crippen LogP contribution in [0.1, 0.15) is 25.7 Å². The number of anilines is 2. The molecule has 0 amide bonds. The number of carboxylic acid groups (broad SMARTS) is 1. The lowest BCUT2D eigenvalue weighted by Crippen LogP contribution is -2.08. The standard InChI is InChI=1S/C9H14ClN5O2/c10-7-13-8(11)15-9(14-7)12-5-3-1-2-4-6(16)17/h1-5H2,(H,16,17)(H3,11,12,13,14,15). The van der Waals surface area contributed by atoms with Crippen molar-refractivity contribution in [2.45, 2.75) is 25.7 Å². The molecule has 1 heterocycles. The molecule has 0 aliphatic heterocycles. The molecule has 0 saturated heterocycles. The Morgan fingerprint density at radius 1 is 1.29 bits per heavy atom. The topological polar surface area (TPSA) is 114 Å². The van der Waals surface area contributed by atoms with Crippen LogP contribution in [0.15, 0.2) is 0 Å². The summed E-state index contributed by atoms with van der Waals surface area (Å²) in [6.45, 7) is 0.638. The summed E-state index contributed by atoms with van der Waals surface area (Å²) in [6.07, 6.45) is 2.52. The number of nitrogens with two attached hydrogens (primary N) is 1. The van der Waals surface area contributed by atoms with Gasteiger partial charge in [-0.2, -0.15) is 15.0 Å². The third kappa shape index (κ3) is 5.86. The fourth-order valence-electron chi connectivity index (χ4n) is 1.22. The Labute approximate surface area is 103 Å². The van der Waals surface area contributed by atoms with Crippen LogP contribution in [0.2, 0.25) is 5.28 Å². The highest BCUT2D eigenvalue weighted by Crippen LogP contribution is 2.07. The third-order valence-electron chi connectivity index (χ3n) is 1.98. The molecular weight excluding hydrogens is 246 g/mol. The Balaban J connectivity index is 2.20. The van der Waals surface area contributed by atoms with Crippen molar-refractivity contribution in [1.29, 1.82) is 0 Å². The first-order valence-corrected chi connectivity index (χ1v) is 5.58. The lowest BCUT2D eigenvalue weighted by atomic mass is 10.2. The Kier molecular flexibility index (Phi) is 5.41. The van der Waals surface area contributed by atoms with Crippen molar-refractivity contribution in [3.8, 4) is 0 Å². The maximum atomic E-state index is 10.3. The number of nitrogens with zero attached hydrogens (tertiary/aromatic N) is 3. The van der Waals surface area contributed by atoms with Crippen LogP contribution in [-0.4, -0.2) is 32.6 Å².